The topological polar surface area (TPSA) is 61.0 Å². The molecule has 2 heterocycles. The molecule has 6 heteroatoms. The Labute approximate surface area is 118 Å². The molecule has 0 radical (unpaired) electrons. The Morgan fingerprint density at radius 3 is 2.63 bits per heavy atom. The zero-order valence-electron chi connectivity index (χ0n) is 10.2. The summed E-state index contributed by atoms with van der Waals surface area (Å²) in [7, 11) is 1.66. The number of nitrogens with two attached hydrogens (primary N) is 1. The summed E-state index contributed by atoms with van der Waals surface area (Å²) in [6.07, 6.45) is 0. The van der Waals surface area contributed by atoms with Crippen LogP contribution < -0.4 is 10.5 Å². The highest BCUT2D eigenvalue weighted by molar-refractivity contribution is 7.14. The molecule has 2 aromatic heterocycles. The predicted molar refractivity (Wildman–Crippen MR) is 79.6 cm³/mol. The number of rotatable bonds is 3. The normalized spacial score (nSPS) is 10.6. The third-order valence-electron chi connectivity index (χ3n) is 2.61. The van der Waals surface area contributed by atoms with Gasteiger partial charge in [-0.15, -0.1) is 22.7 Å². The van der Waals surface area contributed by atoms with Gasteiger partial charge < -0.3 is 10.5 Å². The fraction of sp³-hybridized carbons (Fsp3) is 0.0769. The lowest BCUT2D eigenvalue weighted by Gasteiger charge is -2.00. The molecule has 0 aliphatic rings. The van der Waals surface area contributed by atoms with E-state index in [0.29, 0.717) is 5.13 Å². The van der Waals surface area contributed by atoms with E-state index in [1.54, 1.807) is 18.4 Å². The van der Waals surface area contributed by atoms with E-state index in [-0.39, 0.29) is 0 Å². The van der Waals surface area contributed by atoms with Crippen molar-refractivity contribution in [1.82, 2.24) is 9.97 Å². The summed E-state index contributed by atoms with van der Waals surface area (Å²) >= 11 is 3.00. The number of anilines is 1. The Hall–Kier alpha value is -1.92. The summed E-state index contributed by atoms with van der Waals surface area (Å²) in [6, 6.07) is 7.85. The van der Waals surface area contributed by atoms with E-state index in [1.807, 2.05) is 35.0 Å². The molecule has 3 aromatic rings. The van der Waals surface area contributed by atoms with Gasteiger partial charge in [0.05, 0.1) is 7.11 Å². The highest BCUT2D eigenvalue weighted by Gasteiger charge is 2.09. The summed E-state index contributed by atoms with van der Waals surface area (Å²) in [5.74, 6) is 0.826. The maximum absolute atomic E-state index is 5.64. The van der Waals surface area contributed by atoms with Crippen LogP contribution in [0.5, 0.6) is 5.75 Å². The van der Waals surface area contributed by atoms with E-state index >= 15 is 0 Å². The molecular weight excluding hydrogens is 278 g/mol. The molecule has 3 rings (SSSR count). The van der Waals surface area contributed by atoms with E-state index in [1.165, 1.54) is 11.3 Å². The van der Waals surface area contributed by atoms with Crippen LogP contribution in [-0.4, -0.2) is 17.1 Å². The van der Waals surface area contributed by atoms with Crippen molar-refractivity contribution in [3.63, 3.8) is 0 Å². The SMILES string of the molecule is COc1cccc(-c2nc(-c3csc(N)n3)cs2)c1. The van der Waals surface area contributed by atoms with Gasteiger partial charge in [0, 0.05) is 16.3 Å². The van der Waals surface area contributed by atoms with Gasteiger partial charge in [0.2, 0.25) is 0 Å². The van der Waals surface area contributed by atoms with Crippen LogP contribution in [0.4, 0.5) is 5.13 Å². The van der Waals surface area contributed by atoms with Gasteiger partial charge in [0.25, 0.3) is 0 Å². The molecular formula is C13H11N3OS2. The predicted octanol–water partition coefficient (Wildman–Crippen LogP) is 3.52. The van der Waals surface area contributed by atoms with Crippen molar-refractivity contribution in [2.24, 2.45) is 0 Å². The van der Waals surface area contributed by atoms with Gasteiger partial charge >= 0.3 is 0 Å². The number of hydrogen-bond acceptors (Lipinski definition) is 6. The van der Waals surface area contributed by atoms with Crippen molar-refractivity contribution >= 4 is 27.8 Å². The van der Waals surface area contributed by atoms with Gasteiger partial charge in [-0.1, -0.05) is 12.1 Å². The monoisotopic (exact) mass is 289 g/mol. The van der Waals surface area contributed by atoms with E-state index in [0.717, 1.165) is 27.7 Å². The molecule has 4 nitrogen and oxygen atoms in total. The Kier molecular flexibility index (Phi) is 3.18. The number of nitrogen functional groups attached to an aromatic ring is 1. The number of hydrogen-bond donors (Lipinski definition) is 1. The van der Waals surface area contributed by atoms with Gasteiger partial charge in [-0.25, -0.2) is 9.97 Å². The van der Waals surface area contributed by atoms with E-state index in [2.05, 4.69) is 9.97 Å². The first-order valence-electron chi connectivity index (χ1n) is 5.57. The van der Waals surface area contributed by atoms with E-state index < -0.39 is 0 Å². The third-order valence-corrected chi connectivity index (χ3v) is 4.17. The number of thiazole rings is 2. The van der Waals surface area contributed by atoms with Crippen molar-refractivity contribution in [2.45, 2.75) is 0 Å². The number of ether oxygens (including phenoxy) is 1. The van der Waals surface area contributed by atoms with Crippen LogP contribution in [0, 0.1) is 0 Å². The fourth-order valence-corrected chi connectivity index (χ4v) is 3.05. The summed E-state index contributed by atoms with van der Waals surface area (Å²) < 4.78 is 5.22. The molecule has 0 atom stereocenters. The minimum atomic E-state index is 0.561. The van der Waals surface area contributed by atoms with Crippen LogP contribution in [0.15, 0.2) is 35.0 Å². The molecule has 0 unspecified atom stereocenters. The molecule has 0 saturated carbocycles. The standard InChI is InChI=1S/C13H11N3OS2/c1-17-9-4-2-3-8(5-9)12-15-10(6-18-12)11-7-19-13(14)16-11/h2-7H,1H3,(H2,14,16). The number of nitrogens with zero attached hydrogens (tertiary/aromatic N) is 2. The molecule has 2 N–H and O–H groups in total. The van der Waals surface area contributed by atoms with E-state index in [9.17, 15) is 0 Å². The fourth-order valence-electron chi connectivity index (χ4n) is 1.69. The average Bonchev–Trinajstić information content (AvgIpc) is 3.07. The van der Waals surface area contributed by atoms with Crippen molar-refractivity contribution in [2.75, 3.05) is 12.8 Å². The Morgan fingerprint density at radius 1 is 1.11 bits per heavy atom. The Morgan fingerprint density at radius 2 is 1.89 bits per heavy atom. The van der Waals surface area contributed by atoms with Crippen LogP contribution in [-0.2, 0) is 0 Å². The van der Waals surface area contributed by atoms with Crippen molar-refractivity contribution in [3.05, 3.63) is 35.0 Å². The third kappa shape index (κ3) is 2.45. The minimum absolute atomic E-state index is 0.561. The lowest BCUT2D eigenvalue weighted by molar-refractivity contribution is 0.415. The molecule has 19 heavy (non-hydrogen) atoms. The average molecular weight is 289 g/mol. The second-order valence-corrected chi connectivity index (χ2v) is 5.59. The zero-order chi connectivity index (χ0) is 13.2. The first kappa shape index (κ1) is 12.1. The second-order valence-electron chi connectivity index (χ2n) is 3.84. The number of benzene rings is 1. The van der Waals surface area contributed by atoms with Crippen LogP contribution in [0.1, 0.15) is 0 Å². The van der Waals surface area contributed by atoms with Crippen LogP contribution in [0.25, 0.3) is 22.0 Å². The maximum atomic E-state index is 5.64. The lowest BCUT2D eigenvalue weighted by Crippen LogP contribution is -1.84. The molecule has 0 bridgehead atoms. The first-order valence-corrected chi connectivity index (χ1v) is 7.33. The molecule has 0 spiro atoms. The quantitative estimate of drug-likeness (QED) is 0.801. The highest BCUT2D eigenvalue weighted by Crippen LogP contribution is 2.31. The summed E-state index contributed by atoms with van der Waals surface area (Å²) in [6.45, 7) is 0. The number of methoxy groups -OCH3 is 1. The summed E-state index contributed by atoms with van der Waals surface area (Å²) in [5, 5.41) is 5.41. The van der Waals surface area contributed by atoms with Gasteiger partial charge in [-0.2, -0.15) is 0 Å². The molecule has 1 aromatic carbocycles. The highest BCUT2D eigenvalue weighted by atomic mass is 32.1. The summed E-state index contributed by atoms with van der Waals surface area (Å²) in [5.41, 5.74) is 8.36. The number of aromatic nitrogens is 2. The molecule has 0 aliphatic carbocycles. The zero-order valence-corrected chi connectivity index (χ0v) is 11.8. The maximum Gasteiger partial charge on any atom is 0.180 e. The van der Waals surface area contributed by atoms with Gasteiger partial charge in [-0.3, -0.25) is 0 Å². The smallest absolute Gasteiger partial charge is 0.180 e. The molecule has 0 fully saturated rings. The largest absolute Gasteiger partial charge is 0.497 e. The Bertz CT molecular complexity index is 705. The molecule has 0 saturated heterocycles. The van der Waals surface area contributed by atoms with E-state index in [4.69, 9.17) is 10.5 Å². The van der Waals surface area contributed by atoms with Crippen LogP contribution in [0.3, 0.4) is 0 Å². The lowest BCUT2D eigenvalue weighted by atomic mass is 10.2. The molecule has 0 amide bonds. The second kappa shape index (κ2) is 4.99. The van der Waals surface area contributed by atoms with Crippen LogP contribution >= 0.6 is 22.7 Å². The minimum Gasteiger partial charge on any atom is -0.497 e. The van der Waals surface area contributed by atoms with Crippen molar-refractivity contribution in [1.29, 1.82) is 0 Å². The van der Waals surface area contributed by atoms with Crippen molar-refractivity contribution in [3.8, 4) is 27.7 Å². The van der Waals surface area contributed by atoms with Gasteiger partial charge in [0.1, 0.15) is 22.1 Å². The van der Waals surface area contributed by atoms with Crippen LogP contribution in [0.2, 0.25) is 0 Å². The molecule has 0 aliphatic heterocycles. The van der Waals surface area contributed by atoms with Crippen molar-refractivity contribution < 1.29 is 4.74 Å². The Balaban J connectivity index is 1.96. The first-order chi connectivity index (χ1) is 9.26. The summed E-state index contributed by atoms with van der Waals surface area (Å²) in [4.78, 5) is 8.83. The molecule has 96 valence electrons. The van der Waals surface area contributed by atoms with Gasteiger partial charge in [0.15, 0.2) is 5.13 Å². The van der Waals surface area contributed by atoms with Gasteiger partial charge in [-0.05, 0) is 12.1 Å².